The second-order valence-corrected chi connectivity index (χ2v) is 8.59. The fourth-order valence-corrected chi connectivity index (χ4v) is 4.88. The van der Waals surface area contributed by atoms with Gasteiger partial charge in [0.1, 0.15) is 0 Å². The third-order valence-electron chi connectivity index (χ3n) is 5.49. The minimum Gasteiger partial charge on any atom is -0.355 e. The molecule has 1 spiro atoms. The van der Waals surface area contributed by atoms with Crippen molar-refractivity contribution >= 4 is 17.3 Å². The zero-order chi connectivity index (χ0) is 15.6. The first-order valence-electron chi connectivity index (χ1n) is 8.54. The van der Waals surface area contributed by atoms with Gasteiger partial charge in [0, 0.05) is 37.0 Å². The van der Waals surface area contributed by atoms with Crippen LogP contribution in [-0.2, 0) is 5.41 Å². The topological polar surface area (TPSA) is 27.6 Å². The van der Waals surface area contributed by atoms with Gasteiger partial charge in [-0.05, 0) is 36.1 Å². The third kappa shape index (κ3) is 3.17. The van der Waals surface area contributed by atoms with Crippen LogP contribution in [0.5, 0.6) is 0 Å². The summed E-state index contributed by atoms with van der Waals surface area (Å²) in [5.74, 6) is 1.09. The fourth-order valence-electron chi connectivity index (χ4n) is 4.03. The molecule has 1 aromatic heterocycles. The Bertz CT molecular complexity index is 512. The van der Waals surface area contributed by atoms with Crippen LogP contribution in [0.2, 0.25) is 0 Å². The van der Waals surface area contributed by atoms with E-state index in [-0.39, 0.29) is 5.41 Å². The van der Waals surface area contributed by atoms with Crippen molar-refractivity contribution in [3.8, 4) is 0 Å². The maximum Gasteiger partial charge on any atom is 0.193 e. The molecule has 1 aliphatic carbocycles. The van der Waals surface area contributed by atoms with Crippen LogP contribution >= 0.6 is 11.3 Å². The third-order valence-corrected chi connectivity index (χ3v) is 6.73. The molecular weight excluding hydrogens is 290 g/mol. The number of nitrogens with one attached hydrogen (secondary N) is 1. The lowest BCUT2D eigenvalue weighted by molar-refractivity contribution is 0.308. The molecule has 1 N–H and O–H groups in total. The highest BCUT2D eigenvalue weighted by Crippen LogP contribution is 2.45. The van der Waals surface area contributed by atoms with Gasteiger partial charge < -0.3 is 10.2 Å². The summed E-state index contributed by atoms with van der Waals surface area (Å²) in [5, 5.41) is 5.79. The zero-order valence-electron chi connectivity index (χ0n) is 14.2. The van der Waals surface area contributed by atoms with Crippen molar-refractivity contribution in [2.45, 2.75) is 51.4 Å². The molecule has 3 rings (SSSR count). The van der Waals surface area contributed by atoms with E-state index >= 15 is 0 Å². The van der Waals surface area contributed by atoms with Crippen molar-refractivity contribution in [1.82, 2.24) is 10.2 Å². The van der Waals surface area contributed by atoms with Crippen molar-refractivity contribution in [1.29, 1.82) is 0 Å². The standard InChI is InChI=1S/C18H29N3S/c1-17(2,15-7-6-12-22-15)13-20-16(19-3)21-11-10-18(14-21)8-4-5-9-18/h6-7,12H,4-5,8-11,13-14H2,1-3H3,(H,19,20). The highest BCUT2D eigenvalue weighted by molar-refractivity contribution is 7.10. The Kier molecular flexibility index (Phi) is 4.49. The fraction of sp³-hybridized carbons (Fsp3) is 0.722. The zero-order valence-corrected chi connectivity index (χ0v) is 15.0. The van der Waals surface area contributed by atoms with Gasteiger partial charge in [-0.3, -0.25) is 4.99 Å². The van der Waals surface area contributed by atoms with Gasteiger partial charge in [-0.25, -0.2) is 0 Å². The number of aliphatic imine (C=N–C) groups is 1. The van der Waals surface area contributed by atoms with E-state index < -0.39 is 0 Å². The molecule has 2 fully saturated rings. The Morgan fingerprint density at radius 3 is 2.77 bits per heavy atom. The molecule has 122 valence electrons. The molecular formula is C18H29N3S. The number of nitrogens with zero attached hydrogens (tertiary/aromatic N) is 2. The van der Waals surface area contributed by atoms with Gasteiger partial charge in [0.2, 0.25) is 0 Å². The number of thiophene rings is 1. The summed E-state index contributed by atoms with van der Waals surface area (Å²) in [5.41, 5.74) is 0.746. The minimum atomic E-state index is 0.148. The first-order valence-corrected chi connectivity index (χ1v) is 9.42. The van der Waals surface area contributed by atoms with Crippen molar-refractivity contribution in [3.05, 3.63) is 22.4 Å². The SMILES string of the molecule is CN=C(NCC(C)(C)c1cccs1)N1CCC2(CCCC2)C1. The van der Waals surface area contributed by atoms with Crippen molar-refractivity contribution in [2.75, 3.05) is 26.7 Å². The molecule has 0 radical (unpaired) electrons. The molecule has 1 aliphatic heterocycles. The predicted octanol–water partition coefficient (Wildman–Crippen LogP) is 3.87. The highest BCUT2D eigenvalue weighted by Gasteiger charge is 2.41. The summed E-state index contributed by atoms with van der Waals surface area (Å²) in [4.78, 5) is 8.46. The molecule has 0 amide bonds. The van der Waals surface area contributed by atoms with E-state index in [2.05, 4.69) is 46.6 Å². The van der Waals surface area contributed by atoms with E-state index in [0.29, 0.717) is 5.41 Å². The summed E-state index contributed by atoms with van der Waals surface area (Å²) >= 11 is 1.84. The number of hydrogen-bond donors (Lipinski definition) is 1. The van der Waals surface area contributed by atoms with Crippen LogP contribution in [0.4, 0.5) is 0 Å². The van der Waals surface area contributed by atoms with Crippen LogP contribution in [0.3, 0.4) is 0 Å². The number of guanidine groups is 1. The maximum absolute atomic E-state index is 4.54. The van der Waals surface area contributed by atoms with Crippen molar-refractivity contribution in [3.63, 3.8) is 0 Å². The van der Waals surface area contributed by atoms with Crippen LogP contribution < -0.4 is 5.32 Å². The van der Waals surface area contributed by atoms with E-state index in [0.717, 1.165) is 12.5 Å². The van der Waals surface area contributed by atoms with Gasteiger partial charge in [-0.2, -0.15) is 0 Å². The molecule has 2 heterocycles. The van der Waals surface area contributed by atoms with Crippen LogP contribution in [0.15, 0.2) is 22.5 Å². The molecule has 0 bridgehead atoms. The Morgan fingerprint density at radius 1 is 1.36 bits per heavy atom. The lowest BCUT2D eigenvalue weighted by atomic mass is 9.86. The largest absolute Gasteiger partial charge is 0.355 e. The molecule has 0 aromatic carbocycles. The average molecular weight is 320 g/mol. The van der Waals surface area contributed by atoms with Crippen LogP contribution in [0, 0.1) is 5.41 Å². The second-order valence-electron chi connectivity index (χ2n) is 7.64. The predicted molar refractivity (Wildman–Crippen MR) is 95.8 cm³/mol. The van der Waals surface area contributed by atoms with Crippen LogP contribution in [-0.4, -0.2) is 37.5 Å². The average Bonchev–Trinajstić information content (AvgIpc) is 3.24. The quantitative estimate of drug-likeness (QED) is 0.676. The molecule has 22 heavy (non-hydrogen) atoms. The second kappa shape index (κ2) is 6.23. The monoisotopic (exact) mass is 319 g/mol. The van der Waals surface area contributed by atoms with Gasteiger partial charge in [0.25, 0.3) is 0 Å². The molecule has 1 aromatic rings. The van der Waals surface area contributed by atoms with Crippen LogP contribution in [0.1, 0.15) is 50.8 Å². The summed E-state index contributed by atoms with van der Waals surface area (Å²) in [6, 6.07) is 4.37. The Hall–Kier alpha value is -1.03. The van der Waals surface area contributed by atoms with Crippen molar-refractivity contribution in [2.24, 2.45) is 10.4 Å². The lowest BCUT2D eigenvalue weighted by Crippen LogP contribution is -2.45. The first kappa shape index (κ1) is 15.9. The van der Waals surface area contributed by atoms with Crippen LogP contribution in [0.25, 0.3) is 0 Å². The normalized spacial score (nSPS) is 21.8. The Labute approximate surface area is 138 Å². The van der Waals surface area contributed by atoms with E-state index in [1.165, 1.54) is 50.1 Å². The molecule has 4 heteroatoms. The maximum atomic E-state index is 4.54. The Morgan fingerprint density at radius 2 is 2.14 bits per heavy atom. The molecule has 0 atom stereocenters. The van der Waals surface area contributed by atoms with E-state index in [4.69, 9.17) is 0 Å². The number of hydrogen-bond acceptors (Lipinski definition) is 2. The van der Waals surface area contributed by atoms with Crippen molar-refractivity contribution < 1.29 is 0 Å². The van der Waals surface area contributed by atoms with Gasteiger partial charge >= 0.3 is 0 Å². The number of likely N-dealkylation sites (tertiary alicyclic amines) is 1. The minimum absolute atomic E-state index is 0.148. The summed E-state index contributed by atoms with van der Waals surface area (Å²) < 4.78 is 0. The van der Waals surface area contributed by atoms with E-state index in [1.807, 2.05) is 18.4 Å². The molecule has 2 aliphatic rings. The molecule has 3 nitrogen and oxygen atoms in total. The molecule has 1 saturated carbocycles. The van der Waals surface area contributed by atoms with E-state index in [9.17, 15) is 0 Å². The summed E-state index contributed by atoms with van der Waals surface area (Å²) in [6.45, 7) is 7.91. The smallest absolute Gasteiger partial charge is 0.193 e. The van der Waals surface area contributed by atoms with Gasteiger partial charge in [-0.1, -0.05) is 32.8 Å². The molecule has 0 unspecified atom stereocenters. The summed E-state index contributed by atoms with van der Waals surface area (Å²) in [6.07, 6.45) is 7.03. The summed E-state index contributed by atoms with van der Waals surface area (Å²) in [7, 11) is 1.92. The van der Waals surface area contributed by atoms with E-state index in [1.54, 1.807) is 0 Å². The molecule has 1 saturated heterocycles. The lowest BCUT2D eigenvalue weighted by Gasteiger charge is -2.29. The van der Waals surface area contributed by atoms with Gasteiger partial charge in [-0.15, -0.1) is 11.3 Å². The Balaban J connectivity index is 1.59. The first-order chi connectivity index (χ1) is 10.5. The highest BCUT2D eigenvalue weighted by atomic mass is 32.1. The number of rotatable bonds is 3. The van der Waals surface area contributed by atoms with Gasteiger partial charge in [0.05, 0.1) is 0 Å². The van der Waals surface area contributed by atoms with Gasteiger partial charge in [0.15, 0.2) is 5.96 Å².